The Morgan fingerprint density at radius 3 is 2.40 bits per heavy atom. The van der Waals surface area contributed by atoms with Gasteiger partial charge in [-0.3, -0.25) is 0 Å². The molecular formula is C16H20F2N2. The van der Waals surface area contributed by atoms with Crippen molar-refractivity contribution in [1.29, 1.82) is 0 Å². The molecule has 3 rings (SSSR count). The highest BCUT2D eigenvalue weighted by molar-refractivity contribution is 5.77. The van der Waals surface area contributed by atoms with E-state index in [-0.39, 0.29) is 11.5 Å². The van der Waals surface area contributed by atoms with Gasteiger partial charge in [0, 0.05) is 11.5 Å². The number of hydrogen-bond donors (Lipinski definition) is 0. The summed E-state index contributed by atoms with van der Waals surface area (Å²) in [7, 11) is 0. The summed E-state index contributed by atoms with van der Waals surface area (Å²) in [6, 6.07) is 2.98. The van der Waals surface area contributed by atoms with Crippen LogP contribution >= 0.6 is 0 Å². The predicted octanol–water partition coefficient (Wildman–Crippen LogP) is 4.73. The predicted molar refractivity (Wildman–Crippen MR) is 75.9 cm³/mol. The lowest BCUT2D eigenvalue weighted by Crippen LogP contribution is -2.21. The fourth-order valence-corrected chi connectivity index (χ4v) is 3.17. The van der Waals surface area contributed by atoms with Crippen LogP contribution in [0.3, 0.4) is 0 Å². The van der Waals surface area contributed by atoms with Gasteiger partial charge in [-0.2, -0.15) is 0 Å². The third kappa shape index (κ3) is 2.02. The van der Waals surface area contributed by atoms with E-state index >= 15 is 0 Å². The summed E-state index contributed by atoms with van der Waals surface area (Å²) in [6.07, 6.45) is 4.32. The summed E-state index contributed by atoms with van der Waals surface area (Å²) < 4.78 is 29.8. The van der Waals surface area contributed by atoms with E-state index in [1.807, 2.05) is 4.57 Å². The molecule has 1 aliphatic rings. The Kier molecular flexibility index (Phi) is 3.07. The molecule has 1 aliphatic carbocycles. The number of imidazole rings is 1. The molecule has 1 heterocycles. The van der Waals surface area contributed by atoms with Crippen LogP contribution in [-0.2, 0) is 5.41 Å². The maximum atomic E-state index is 14.3. The number of nitrogens with zero attached hydrogens (tertiary/aromatic N) is 2. The van der Waals surface area contributed by atoms with Gasteiger partial charge < -0.3 is 4.57 Å². The Balaban J connectivity index is 2.33. The minimum Gasteiger partial charge on any atom is -0.322 e. The van der Waals surface area contributed by atoms with Gasteiger partial charge in [0.2, 0.25) is 0 Å². The van der Waals surface area contributed by atoms with Crippen LogP contribution in [-0.4, -0.2) is 9.55 Å². The number of fused-ring (bicyclic) bond motifs is 1. The minimum absolute atomic E-state index is 0.190. The lowest BCUT2D eigenvalue weighted by atomic mass is 9.95. The van der Waals surface area contributed by atoms with Crippen LogP contribution in [0.5, 0.6) is 0 Å². The van der Waals surface area contributed by atoms with E-state index in [1.54, 1.807) is 6.07 Å². The molecule has 1 fully saturated rings. The highest BCUT2D eigenvalue weighted by Crippen LogP contribution is 2.38. The summed E-state index contributed by atoms with van der Waals surface area (Å²) in [4.78, 5) is 4.59. The molecule has 20 heavy (non-hydrogen) atoms. The van der Waals surface area contributed by atoms with Gasteiger partial charge in [-0.25, -0.2) is 13.8 Å². The fourth-order valence-electron chi connectivity index (χ4n) is 3.17. The molecule has 0 radical (unpaired) electrons. The van der Waals surface area contributed by atoms with Gasteiger partial charge in [0.05, 0.1) is 5.52 Å². The molecule has 0 N–H and O–H groups in total. The maximum absolute atomic E-state index is 14.3. The molecule has 0 saturated heterocycles. The Bertz CT molecular complexity index is 647. The first-order valence-electron chi connectivity index (χ1n) is 7.26. The van der Waals surface area contributed by atoms with E-state index in [4.69, 9.17) is 0 Å². The lowest BCUT2D eigenvalue weighted by molar-refractivity contribution is 0.438. The molecule has 0 amide bonds. The van der Waals surface area contributed by atoms with Gasteiger partial charge >= 0.3 is 0 Å². The zero-order chi connectivity index (χ0) is 14.5. The standard InChI is InChI=1S/C16H20F2N2/c1-16(2,3)15-19-12-9-8-11(17)13(18)14(12)20(15)10-6-4-5-7-10/h8-10H,4-7H2,1-3H3. The van der Waals surface area contributed by atoms with Gasteiger partial charge in [-0.05, 0) is 25.0 Å². The van der Waals surface area contributed by atoms with Gasteiger partial charge in [0.15, 0.2) is 11.6 Å². The van der Waals surface area contributed by atoms with Gasteiger partial charge in [0.1, 0.15) is 11.3 Å². The van der Waals surface area contributed by atoms with E-state index in [9.17, 15) is 8.78 Å². The molecule has 1 saturated carbocycles. The molecule has 2 nitrogen and oxygen atoms in total. The lowest BCUT2D eigenvalue weighted by Gasteiger charge is -2.24. The first kappa shape index (κ1) is 13.5. The molecule has 1 aromatic carbocycles. The second kappa shape index (κ2) is 4.54. The Hall–Kier alpha value is -1.45. The number of aromatic nitrogens is 2. The van der Waals surface area contributed by atoms with Gasteiger partial charge in [-0.15, -0.1) is 0 Å². The van der Waals surface area contributed by atoms with E-state index in [0.29, 0.717) is 11.0 Å². The van der Waals surface area contributed by atoms with Crippen LogP contribution in [0.2, 0.25) is 0 Å². The monoisotopic (exact) mass is 278 g/mol. The largest absolute Gasteiger partial charge is 0.322 e. The first-order chi connectivity index (χ1) is 9.39. The quantitative estimate of drug-likeness (QED) is 0.737. The summed E-state index contributed by atoms with van der Waals surface area (Å²) in [5.41, 5.74) is 0.701. The Morgan fingerprint density at radius 2 is 1.80 bits per heavy atom. The van der Waals surface area contributed by atoms with Crippen molar-refractivity contribution in [3.63, 3.8) is 0 Å². The third-order valence-electron chi connectivity index (χ3n) is 4.10. The van der Waals surface area contributed by atoms with Crippen molar-refractivity contribution < 1.29 is 8.78 Å². The zero-order valence-electron chi connectivity index (χ0n) is 12.2. The number of halogens is 2. The molecule has 0 unspecified atom stereocenters. The molecule has 0 spiro atoms. The van der Waals surface area contributed by atoms with Crippen molar-refractivity contribution in [3.8, 4) is 0 Å². The number of rotatable bonds is 1. The van der Waals surface area contributed by atoms with Gasteiger partial charge in [-0.1, -0.05) is 33.6 Å². The van der Waals surface area contributed by atoms with Crippen molar-refractivity contribution in [2.75, 3.05) is 0 Å². The third-order valence-corrected chi connectivity index (χ3v) is 4.10. The molecule has 0 atom stereocenters. The summed E-state index contributed by atoms with van der Waals surface area (Å²) in [6.45, 7) is 6.19. The number of benzene rings is 1. The minimum atomic E-state index is -0.794. The van der Waals surface area contributed by atoms with Crippen LogP contribution in [0.4, 0.5) is 8.78 Å². The summed E-state index contributed by atoms with van der Waals surface area (Å²) >= 11 is 0. The average Bonchev–Trinajstić information content (AvgIpc) is 2.99. The summed E-state index contributed by atoms with van der Waals surface area (Å²) in [5.74, 6) is -0.710. The smallest absolute Gasteiger partial charge is 0.184 e. The molecule has 4 heteroatoms. The van der Waals surface area contributed by atoms with Crippen LogP contribution < -0.4 is 0 Å². The van der Waals surface area contributed by atoms with Crippen molar-refractivity contribution in [1.82, 2.24) is 9.55 Å². The highest BCUT2D eigenvalue weighted by atomic mass is 19.2. The number of hydrogen-bond acceptors (Lipinski definition) is 1. The highest BCUT2D eigenvalue weighted by Gasteiger charge is 2.30. The van der Waals surface area contributed by atoms with Crippen LogP contribution in [0.1, 0.15) is 58.3 Å². The molecule has 108 valence electrons. The van der Waals surface area contributed by atoms with E-state index in [1.165, 1.54) is 0 Å². The summed E-state index contributed by atoms with van der Waals surface area (Å²) in [5, 5.41) is 0. The van der Waals surface area contributed by atoms with Gasteiger partial charge in [0.25, 0.3) is 0 Å². The van der Waals surface area contributed by atoms with E-state index in [2.05, 4.69) is 25.8 Å². The second-order valence-electron chi connectivity index (χ2n) is 6.72. The van der Waals surface area contributed by atoms with Crippen molar-refractivity contribution >= 4 is 11.0 Å². The average molecular weight is 278 g/mol. The van der Waals surface area contributed by atoms with E-state index in [0.717, 1.165) is 37.6 Å². The normalized spacial score (nSPS) is 17.2. The van der Waals surface area contributed by atoms with Crippen molar-refractivity contribution in [3.05, 3.63) is 29.6 Å². The SMILES string of the molecule is CC(C)(C)c1nc2ccc(F)c(F)c2n1C1CCCC1. The molecular weight excluding hydrogens is 258 g/mol. The zero-order valence-corrected chi connectivity index (χ0v) is 12.2. The maximum Gasteiger partial charge on any atom is 0.184 e. The van der Waals surface area contributed by atoms with Crippen LogP contribution in [0, 0.1) is 11.6 Å². The van der Waals surface area contributed by atoms with Crippen molar-refractivity contribution in [2.45, 2.75) is 57.9 Å². The van der Waals surface area contributed by atoms with Crippen molar-refractivity contribution in [2.24, 2.45) is 0 Å². The molecule has 0 aliphatic heterocycles. The Labute approximate surface area is 117 Å². The molecule has 1 aromatic heterocycles. The molecule has 2 aromatic rings. The van der Waals surface area contributed by atoms with Crippen LogP contribution in [0.15, 0.2) is 12.1 Å². The first-order valence-corrected chi connectivity index (χ1v) is 7.26. The fraction of sp³-hybridized carbons (Fsp3) is 0.562. The second-order valence-corrected chi connectivity index (χ2v) is 6.72. The van der Waals surface area contributed by atoms with E-state index < -0.39 is 11.6 Å². The topological polar surface area (TPSA) is 17.8 Å². The molecule has 0 bridgehead atoms. The Morgan fingerprint density at radius 1 is 1.15 bits per heavy atom. The van der Waals surface area contributed by atoms with Crippen LogP contribution in [0.25, 0.3) is 11.0 Å².